The molecule has 5 nitrogen and oxygen atoms in total. The van der Waals surface area contributed by atoms with Gasteiger partial charge in [0, 0.05) is 23.0 Å². The molecule has 0 unspecified atom stereocenters. The zero-order valence-electron chi connectivity index (χ0n) is 20.9. The Morgan fingerprint density at radius 1 is 1.14 bits per heavy atom. The standard InChI is InChI=1S/C29H33ClN2O3S/c1-3-21(2)18-31(28(33)17-22-7-5-4-6-8-22)19-29(34)32-15-13-27-25(14-16-36-27)26(32)20-35-24-11-9-23(30)10-12-24/h4-12,14,16,21,26H,3,13,15,17-20H2,1-2H3/t21-,26-/m0/s1. The second-order valence-corrected chi connectivity index (χ2v) is 10.8. The number of halogens is 1. The fourth-order valence-electron chi connectivity index (χ4n) is 4.48. The van der Waals surface area contributed by atoms with E-state index in [0.29, 0.717) is 42.8 Å². The van der Waals surface area contributed by atoms with E-state index in [9.17, 15) is 9.59 Å². The highest BCUT2D eigenvalue weighted by molar-refractivity contribution is 7.10. The van der Waals surface area contributed by atoms with Gasteiger partial charge in [0.2, 0.25) is 11.8 Å². The Morgan fingerprint density at radius 2 is 1.89 bits per heavy atom. The first kappa shape index (κ1) is 26.2. The van der Waals surface area contributed by atoms with Crippen LogP contribution in [0.1, 0.15) is 42.3 Å². The van der Waals surface area contributed by atoms with E-state index in [1.165, 1.54) is 4.88 Å². The third-order valence-corrected chi connectivity index (χ3v) is 7.99. The molecule has 36 heavy (non-hydrogen) atoms. The second kappa shape index (κ2) is 12.4. The SMILES string of the molecule is CC[C@H](C)CN(CC(=O)N1CCc2sccc2[C@@H]1COc1ccc(Cl)cc1)C(=O)Cc1ccccc1. The summed E-state index contributed by atoms with van der Waals surface area (Å²) < 4.78 is 6.09. The molecule has 2 amide bonds. The van der Waals surface area contributed by atoms with Crippen molar-refractivity contribution in [2.75, 3.05) is 26.2 Å². The largest absolute Gasteiger partial charge is 0.491 e. The summed E-state index contributed by atoms with van der Waals surface area (Å²) in [6.07, 6.45) is 2.06. The van der Waals surface area contributed by atoms with Crippen molar-refractivity contribution in [2.24, 2.45) is 5.92 Å². The summed E-state index contributed by atoms with van der Waals surface area (Å²) >= 11 is 7.73. The predicted octanol–water partition coefficient (Wildman–Crippen LogP) is 6.02. The molecule has 1 aromatic heterocycles. The summed E-state index contributed by atoms with van der Waals surface area (Å²) in [4.78, 5) is 31.9. The zero-order chi connectivity index (χ0) is 25.5. The average molecular weight is 525 g/mol. The number of carbonyl (C=O) groups is 2. The number of thiophene rings is 1. The van der Waals surface area contributed by atoms with E-state index in [-0.39, 0.29) is 24.4 Å². The van der Waals surface area contributed by atoms with Crippen LogP contribution in [0.4, 0.5) is 0 Å². The molecule has 0 bridgehead atoms. The van der Waals surface area contributed by atoms with Crippen molar-refractivity contribution in [3.05, 3.63) is 87.1 Å². The summed E-state index contributed by atoms with van der Waals surface area (Å²) in [5, 5.41) is 2.73. The lowest BCUT2D eigenvalue weighted by Crippen LogP contribution is -2.48. The molecule has 0 N–H and O–H groups in total. The van der Waals surface area contributed by atoms with Crippen molar-refractivity contribution in [3.63, 3.8) is 0 Å². The van der Waals surface area contributed by atoms with Crippen LogP contribution in [0, 0.1) is 5.92 Å². The number of ether oxygens (including phenoxy) is 1. The summed E-state index contributed by atoms with van der Waals surface area (Å²) in [7, 11) is 0. The zero-order valence-corrected chi connectivity index (χ0v) is 22.4. The molecule has 0 aliphatic carbocycles. The molecule has 0 spiro atoms. The molecule has 0 fully saturated rings. The molecule has 190 valence electrons. The normalized spacial score (nSPS) is 15.8. The lowest BCUT2D eigenvalue weighted by Gasteiger charge is -2.37. The van der Waals surface area contributed by atoms with Crippen molar-refractivity contribution >= 4 is 34.8 Å². The van der Waals surface area contributed by atoms with Crippen LogP contribution in [0.15, 0.2) is 66.0 Å². The highest BCUT2D eigenvalue weighted by Gasteiger charge is 2.33. The highest BCUT2D eigenvalue weighted by atomic mass is 35.5. The minimum atomic E-state index is -0.196. The van der Waals surface area contributed by atoms with Gasteiger partial charge in [-0.3, -0.25) is 9.59 Å². The van der Waals surface area contributed by atoms with Crippen LogP contribution < -0.4 is 4.74 Å². The fourth-order valence-corrected chi connectivity index (χ4v) is 5.53. The molecule has 0 saturated carbocycles. The minimum Gasteiger partial charge on any atom is -0.491 e. The van der Waals surface area contributed by atoms with E-state index in [0.717, 1.165) is 24.0 Å². The Labute approximate surface area is 222 Å². The Bertz CT molecular complexity index is 1150. The number of fused-ring (bicyclic) bond motifs is 1. The van der Waals surface area contributed by atoms with Crippen LogP contribution in [-0.4, -0.2) is 47.9 Å². The monoisotopic (exact) mass is 524 g/mol. The number of rotatable bonds is 10. The fraction of sp³-hybridized carbons (Fsp3) is 0.379. The lowest BCUT2D eigenvalue weighted by molar-refractivity contribution is -0.143. The molecule has 3 aromatic rings. The van der Waals surface area contributed by atoms with E-state index in [2.05, 4.69) is 25.3 Å². The molecule has 4 rings (SSSR count). The molecule has 1 aliphatic rings. The van der Waals surface area contributed by atoms with Gasteiger partial charge in [0.05, 0.1) is 19.0 Å². The Hall–Kier alpha value is -2.83. The second-order valence-electron chi connectivity index (χ2n) is 9.37. The molecule has 2 aromatic carbocycles. The van der Waals surface area contributed by atoms with E-state index >= 15 is 0 Å². The van der Waals surface area contributed by atoms with Crippen molar-refractivity contribution < 1.29 is 14.3 Å². The first-order chi connectivity index (χ1) is 17.4. The van der Waals surface area contributed by atoms with Crippen LogP contribution in [0.3, 0.4) is 0 Å². The molecule has 2 atom stereocenters. The van der Waals surface area contributed by atoms with Crippen molar-refractivity contribution in [2.45, 2.75) is 39.2 Å². The van der Waals surface area contributed by atoms with Crippen molar-refractivity contribution in [1.82, 2.24) is 9.80 Å². The minimum absolute atomic E-state index is 0.0166. The molecule has 0 radical (unpaired) electrons. The summed E-state index contributed by atoms with van der Waals surface area (Å²) in [6.45, 7) is 5.84. The van der Waals surface area contributed by atoms with Crippen LogP contribution in [0.2, 0.25) is 5.02 Å². The Balaban J connectivity index is 1.50. The molecular weight excluding hydrogens is 492 g/mol. The van der Waals surface area contributed by atoms with Crippen LogP contribution >= 0.6 is 22.9 Å². The van der Waals surface area contributed by atoms with E-state index < -0.39 is 0 Å². The summed E-state index contributed by atoms with van der Waals surface area (Å²) in [5.41, 5.74) is 2.09. The third kappa shape index (κ3) is 6.68. The summed E-state index contributed by atoms with van der Waals surface area (Å²) in [5.74, 6) is 0.968. The van der Waals surface area contributed by atoms with E-state index in [4.69, 9.17) is 16.3 Å². The molecule has 7 heteroatoms. The quantitative estimate of drug-likeness (QED) is 0.325. The Kier molecular flexibility index (Phi) is 9.05. The molecule has 2 heterocycles. The van der Waals surface area contributed by atoms with Gasteiger partial charge in [-0.2, -0.15) is 0 Å². The first-order valence-electron chi connectivity index (χ1n) is 12.5. The Morgan fingerprint density at radius 3 is 2.61 bits per heavy atom. The topological polar surface area (TPSA) is 49.9 Å². The van der Waals surface area contributed by atoms with Gasteiger partial charge in [0.15, 0.2) is 0 Å². The number of hydrogen-bond acceptors (Lipinski definition) is 4. The number of hydrogen-bond donors (Lipinski definition) is 0. The van der Waals surface area contributed by atoms with Gasteiger partial charge in [-0.05, 0) is 59.2 Å². The van der Waals surface area contributed by atoms with E-state index in [1.807, 2.05) is 47.4 Å². The first-order valence-corrected chi connectivity index (χ1v) is 13.8. The predicted molar refractivity (Wildman–Crippen MR) is 146 cm³/mol. The number of carbonyl (C=O) groups excluding carboxylic acids is 2. The van der Waals surface area contributed by atoms with Crippen molar-refractivity contribution in [1.29, 1.82) is 0 Å². The molecule has 0 saturated heterocycles. The van der Waals surface area contributed by atoms with Gasteiger partial charge in [-0.1, -0.05) is 62.2 Å². The highest BCUT2D eigenvalue weighted by Crippen LogP contribution is 2.34. The van der Waals surface area contributed by atoms with Gasteiger partial charge < -0.3 is 14.5 Å². The van der Waals surface area contributed by atoms with Gasteiger partial charge in [0.25, 0.3) is 0 Å². The number of nitrogens with zero attached hydrogens (tertiary/aromatic N) is 2. The lowest BCUT2D eigenvalue weighted by atomic mass is 10.00. The maximum absolute atomic E-state index is 13.7. The maximum atomic E-state index is 13.7. The molecular formula is C29H33ClN2O3S. The number of benzene rings is 2. The van der Waals surface area contributed by atoms with E-state index in [1.54, 1.807) is 28.4 Å². The van der Waals surface area contributed by atoms with Crippen LogP contribution in [0.25, 0.3) is 0 Å². The number of amides is 2. The smallest absolute Gasteiger partial charge is 0.242 e. The van der Waals surface area contributed by atoms with Gasteiger partial charge in [-0.25, -0.2) is 0 Å². The average Bonchev–Trinajstić information content (AvgIpc) is 3.37. The van der Waals surface area contributed by atoms with Gasteiger partial charge >= 0.3 is 0 Å². The van der Waals surface area contributed by atoms with Gasteiger partial charge in [-0.15, -0.1) is 11.3 Å². The molecule has 1 aliphatic heterocycles. The maximum Gasteiger partial charge on any atom is 0.242 e. The van der Waals surface area contributed by atoms with Crippen molar-refractivity contribution in [3.8, 4) is 5.75 Å². The van der Waals surface area contributed by atoms with Gasteiger partial charge in [0.1, 0.15) is 12.4 Å². The third-order valence-electron chi connectivity index (χ3n) is 6.74. The summed E-state index contributed by atoms with van der Waals surface area (Å²) in [6, 6.07) is 18.9. The van der Waals surface area contributed by atoms with Crippen LogP contribution in [-0.2, 0) is 22.4 Å². The van der Waals surface area contributed by atoms with Crippen LogP contribution in [0.5, 0.6) is 5.75 Å².